The van der Waals surface area contributed by atoms with Gasteiger partial charge in [0, 0.05) is 25.0 Å². The number of ether oxygens (including phenoxy) is 4. The molecular weight excluding hydrogens is 380 g/mol. The van der Waals surface area contributed by atoms with Gasteiger partial charge in [-0.3, -0.25) is 0 Å². The maximum atomic E-state index is 11.5. The van der Waals surface area contributed by atoms with Gasteiger partial charge in [0.05, 0.1) is 37.8 Å². The van der Waals surface area contributed by atoms with Gasteiger partial charge in [-0.15, -0.1) is 0 Å². The molecule has 10 nitrogen and oxygen atoms in total. The highest BCUT2D eigenvalue weighted by atomic mass is 16.6. The molecule has 0 aromatic carbocycles. The first-order chi connectivity index (χ1) is 13.8. The summed E-state index contributed by atoms with van der Waals surface area (Å²) in [5.41, 5.74) is 0.505. The zero-order valence-corrected chi connectivity index (χ0v) is 17.0. The van der Waals surface area contributed by atoms with E-state index < -0.39 is 17.7 Å². The molecule has 0 unspecified atom stereocenters. The zero-order chi connectivity index (χ0) is 21.3. The molecule has 0 spiro atoms. The Kier molecular flexibility index (Phi) is 7.96. The van der Waals surface area contributed by atoms with Crippen molar-refractivity contribution in [2.24, 2.45) is 0 Å². The van der Waals surface area contributed by atoms with Gasteiger partial charge in [-0.1, -0.05) is 0 Å². The zero-order valence-electron chi connectivity index (χ0n) is 17.0. The topological polar surface area (TPSA) is 114 Å². The molecule has 0 aliphatic rings. The number of nitrogens with one attached hydrogen (secondary N) is 1. The van der Waals surface area contributed by atoms with E-state index in [0.29, 0.717) is 36.9 Å². The largest absolute Gasteiger partial charge is 0.475 e. The molecule has 2 aromatic rings. The molecule has 10 heteroatoms. The van der Waals surface area contributed by atoms with Gasteiger partial charge in [0.15, 0.2) is 0 Å². The Morgan fingerprint density at radius 3 is 2.72 bits per heavy atom. The average molecular weight is 406 g/mol. The van der Waals surface area contributed by atoms with Crippen molar-refractivity contribution in [1.29, 1.82) is 0 Å². The number of carbonyl (C=O) groups excluding carboxylic acids is 2. The van der Waals surface area contributed by atoms with Crippen LogP contribution in [-0.4, -0.2) is 65.9 Å². The minimum Gasteiger partial charge on any atom is -0.475 e. The van der Waals surface area contributed by atoms with E-state index in [1.165, 1.54) is 18.0 Å². The summed E-state index contributed by atoms with van der Waals surface area (Å²) in [6.07, 6.45) is 4.08. The number of hydrogen-bond acceptors (Lipinski definition) is 8. The molecule has 0 fully saturated rings. The minimum absolute atomic E-state index is 0.287. The lowest BCUT2D eigenvalue weighted by molar-refractivity contribution is 0.0487. The van der Waals surface area contributed by atoms with E-state index in [1.807, 2.05) is 0 Å². The number of pyridine rings is 1. The maximum absolute atomic E-state index is 11.5. The molecule has 2 aromatic heterocycles. The van der Waals surface area contributed by atoms with Crippen molar-refractivity contribution in [3.63, 3.8) is 0 Å². The van der Waals surface area contributed by atoms with E-state index in [1.54, 1.807) is 45.3 Å². The Balaban J connectivity index is 1.70. The van der Waals surface area contributed by atoms with Gasteiger partial charge >= 0.3 is 12.1 Å². The van der Waals surface area contributed by atoms with Gasteiger partial charge in [-0.25, -0.2) is 19.3 Å². The summed E-state index contributed by atoms with van der Waals surface area (Å²) < 4.78 is 22.3. The molecule has 0 bridgehead atoms. The number of amides is 1. The molecule has 0 saturated heterocycles. The molecule has 2 heterocycles. The minimum atomic E-state index is -0.530. The second kappa shape index (κ2) is 10.4. The smallest absolute Gasteiger partial charge is 0.407 e. The summed E-state index contributed by atoms with van der Waals surface area (Å²) in [4.78, 5) is 27.1. The summed E-state index contributed by atoms with van der Waals surface area (Å²) in [5.74, 6) is -0.0619. The quantitative estimate of drug-likeness (QED) is 0.497. The standard InChI is InChI=1S/C19H26N4O6/c1-19(2,3)29-18(25)21-7-8-27-9-10-28-16-11-15(5-6-20-16)23-13-14(12-22-23)17(24)26-4/h5-6,11-13H,7-10H2,1-4H3,(H,21,25). The highest BCUT2D eigenvalue weighted by Gasteiger charge is 2.15. The van der Waals surface area contributed by atoms with Gasteiger partial charge in [-0.05, 0) is 26.8 Å². The van der Waals surface area contributed by atoms with Crippen molar-refractivity contribution < 1.29 is 28.5 Å². The van der Waals surface area contributed by atoms with Crippen molar-refractivity contribution in [3.8, 4) is 11.6 Å². The van der Waals surface area contributed by atoms with Gasteiger partial charge in [0.2, 0.25) is 5.88 Å². The molecule has 0 atom stereocenters. The van der Waals surface area contributed by atoms with E-state index in [0.717, 1.165) is 0 Å². The van der Waals surface area contributed by atoms with Crippen LogP contribution in [-0.2, 0) is 14.2 Å². The lowest BCUT2D eigenvalue weighted by atomic mass is 10.2. The molecule has 0 aliphatic carbocycles. The Labute approximate surface area is 169 Å². The van der Waals surface area contributed by atoms with E-state index in [9.17, 15) is 9.59 Å². The number of rotatable bonds is 9. The van der Waals surface area contributed by atoms with Gasteiger partial charge in [-0.2, -0.15) is 5.10 Å². The third kappa shape index (κ3) is 7.78. The first-order valence-corrected chi connectivity index (χ1v) is 9.05. The van der Waals surface area contributed by atoms with E-state index in [-0.39, 0.29) is 6.61 Å². The second-order valence-electron chi connectivity index (χ2n) is 6.91. The second-order valence-corrected chi connectivity index (χ2v) is 6.91. The predicted molar refractivity (Wildman–Crippen MR) is 103 cm³/mol. The molecule has 1 N–H and O–H groups in total. The summed E-state index contributed by atoms with van der Waals surface area (Å²) in [5, 5.41) is 6.73. The molecule has 29 heavy (non-hydrogen) atoms. The molecule has 158 valence electrons. The Hall–Kier alpha value is -3.14. The molecular formula is C19H26N4O6. The summed E-state index contributed by atoms with van der Waals surface area (Å²) in [7, 11) is 1.31. The number of aromatic nitrogens is 3. The normalized spacial score (nSPS) is 11.0. The average Bonchev–Trinajstić information content (AvgIpc) is 3.16. The highest BCUT2D eigenvalue weighted by Crippen LogP contribution is 2.14. The molecule has 0 radical (unpaired) electrons. The lowest BCUT2D eigenvalue weighted by Crippen LogP contribution is -2.34. The monoisotopic (exact) mass is 406 g/mol. The first-order valence-electron chi connectivity index (χ1n) is 9.05. The lowest BCUT2D eigenvalue weighted by Gasteiger charge is -2.19. The van der Waals surface area contributed by atoms with Gasteiger partial charge in [0.25, 0.3) is 0 Å². The molecule has 1 amide bonds. The number of alkyl carbamates (subject to hydrolysis) is 1. The molecule has 2 rings (SSSR count). The van der Waals surface area contributed by atoms with Crippen LogP contribution in [0.3, 0.4) is 0 Å². The third-order valence-electron chi connectivity index (χ3n) is 3.38. The summed E-state index contributed by atoms with van der Waals surface area (Å²) >= 11 is 0. The van der Waals surface area contributed by atoms with E-state index in [2.05, 4.69) is 20.1 Å². The Morgan fingerprint density at radius 1 is 1.21 bits per heavy atom. The SMILES string of the molecule is COC(=O)c1cnn(-c2ccnc(OCCOCCNC(=O)OC(C)(C)C)c2)c1. The van der Waals surface area contributed by atoms with Crippen LogP contribution < -0.4 is 10.1 Å². The third-order valence-corrected chi connectivity index (χ3v) is 3.38. The van der Waals surface area contributed by atoms with Crippen LogP contribution in [0.15, 0.2) is 30.7 Å². The highest BCUT2D eigenvalue weighted by molar-refractivity contribution is 5.88. The first kappa shape index (κ1) is 22.2. The van der Waals surface area contributed by atoms with E-state index >= 15 is 0 Å². The van der Waals surface area contributed by atoms with Crippen molar-refractivity contribution in [1.82, 2.24) is 20.1 Å². The predicted octanol–water partition coefficient (Wildman–Crippen LogP) is 1.97. The summed E-state index contributed by atoms with van der Waals surface area (Å²) in [6, 6.07) is 3.43. The van der Waals surface area contributed by atoms with Crippen LogP contribution in [0.1, 0.15) is 31.1 Å². The van der Waals surface area contributed by atoms with Crippen LogP contribution in [0.25, 0.3) is 5.69 Å². The fourth-order valence-electron chi connectivity index (χ4n) is 2.15. The van der Waals surface area contributed by atoms with Crippen LogP contribution in [0.5, 0.6) is 5.88 Å². The van der Waals surface area contributed by atoms with Gasteiger partial charge < -0.3 is 24.3 Å². The fraction of sp³-hybridized carbons (Fsp3) is 0.474. The van der Waals surface area contributed by atoms with Crippen molar-refractivity contribution in [3.05, 3.63) is 36.3 Å². The maximum Gasteiger partial charge on any atom is 0.407 e. The van der Waals surface area contributed by atoms with Crippen LogP contribution in [0.4, 0.5) is 4.79 Å². The van der Waals surface area contributed by atoms with Gasteiger partial charge in [0.1, 0.15) is 12.2 Å². The van der Waals surface area contributed by atoms with Crippen LogP contribution in [0.2, 0.25) is 0 Å². The molecule has 0 aliphatic heterocycles. The molecule has 0 saturated carbocycles. The van der Waals surface area contributed by atoms with Crippen LogP contribution in [0, 0.1) is 0 Å². The van der Waals surface area contributed by atoms with Crippen LogP contribution >= 0.6 is 0 Å². The number of nitrogens with zero attached hydrogens (tertiary/aromatic N) is 3. The summed E-state index contributed by atoms with van der Waals surface area (Å²) in [6.45, 7) is 6.69. The number of carbonyl (C=O) groups is 2. The number of methoxy groups -OCH3 is 1. The fourth-order valence-corrected chi connectivity index (χ4v) is 2.15. The Morgan fingerprint density at radius 2 is 2.00 bits per heavy atom. The number of hydrogen-bond donors (Lipinski definition) is 1. The van der Waals surface area contributed by atoms with E-state index in [4.69, 9.17) is 14.2 Å². The van der Waals surface area contributed by atoms with Crippen molar-refractivity contribution in [2.75, 3.05) is 33.5 Å². The Bertz CT molecular complexity index is 815. The van der Waals surface area contributed by atoms with Crippen molar-refractivity contribution >= 4 is 12.1 Å². The van der Waals surface area contributed by atoms with Crippen molar-refractivity contribution in [2.45, 2.75) is 26.4 Å². The number of esters is 1.